The van der Waals surface area contributed by atoms with Crippen molar-refractivity contribution in [2.45, 2.75) is 32.2 Å². The summed E-state index contributed by atoms with van der Waals surface area (Å²) < 4.78 is 47.2. The molecule has 1 heterocycles. The van der Waals surface area contributed by atoms with E-state index < -0.39 is 18.3 Å². The molecule has 2 atom stereocenters. The van der Waals surface area contributed by atoms with E-state index in [0.29, 0.717) is 17.1 Å². The van der Waals surface area contributed by atoms with Crippen LogP contribution in [0.5, 0.6) is 5.75 Å². The highest BCUT2D eigenvalue weighted by Gasteiger charge is 2.43. The van der Waals surface area contributed by atoms with Gasteiger partial charge in [0.15, 0.2) is 0 Å². The lowest BCUT2D eigenvalue weighted by Gasteiger charge is -2.24. The fraction of sp³-hybridized carbons (Fsp3) is 0.471. The minimum absolute atomic E-state index is 0.0891. The number of hydrogen-bond acceptors (Lipinski definition) is 4. The molecule has 25 heavy (non-hydrogen) atoms. The van der Waals surface area contributed by atoms with Crippen LogP contribution in [0.2, 0.25) is 0 Å². The van der Waals surface area contributed by atoms with Crippen LogP contribution in [0, 0.1) is 13.8 Å². The highest BCUT2D eigenvalue weighted by Crippen LogP contribution is 2.35. The number of aromatic nitrogens is 2. The molecule has 0 aliphatic rings. The molecule has 0 spiro atoms. The average Bonchev–Trinajstić information content (AvgIpc) is 2.79. The summed E-state index contributed by atoms with van der Waals surface area (Å²) in [6.45, 7) is 2.76. The number of benzene rings is 1. The molecule has 0 saturated heterocycles. The Hall–Kier alpha value is -2.06. The lowest BCUT2D eigenvalue weighted by atomic mass is 10.0. The number of nitrogens with zero attached hydrogens (tertiary/aromatic N) is 2. The molecule has 2 aromatic rings. The lowest BCUT2D eigenvalue weighted by molar-refractivity contribution is -0.159. The van der Waals surface area contributed by atoms with Crippen LogP contribution in [0.15, 0.2) is 30.3 Å². The van der Waals surface area contributed by atoms with Gasteiger partial charge in [-0.1, -0.05) is 18.2 Å². The van der Waals surface area contributed by atoms with Crippen molar-refractivity contribution in [2.24, 2.45) is 7.05 Å². The monoisotopic (exact) mass is 357 g/mol. The Kier molecular flexibility index (Phi) is 6.07. The zero-order valence-corrected chi connectivity index (χ0v) is 14.3. The van der Waals surface area contributed by atoms with Gasteiger partial charge in [-0.2, -0.15) is 18.3 Å². The number of aliphatic hydroxyl groups excluding tert-OH is 1. The predicted octanol–water partition coefficient (Wildman–Crippen LogP) is 2.67. The van der Waals surface area contributed by atoms with Crippen LogP contribution in [0.3, 0.4) is 0 Å². The number of hydrogen-bond donors (Lipinski definition) is 2. The van der Waals surface area contributed by atoms with Gasteiger partial charge in [-0.3, -0.25) is 10.00 Å². The van der Waals surface area contributed by atoms with Crippen molar-refractivity contribution in [1.29, 1.82) is 0 Å². The van der Waals surface area contributed by atoms with Gasteiger partial charge < -0.3 is 9.84 Å². The summed E-state index contributed by atoms with van der Waals surface area (Å²) in [6.07, 6.45) is -5.58. The molecule has 0 aliphatic heterocycles. The summed E-state index contributed by atoms with van der Waals surface area (Å²) in [5.74, 6) is 0.549. The zero-order chi connectivity index (χ0) is 18.6. The van der Waals surface area contributed by atoms with Gasteiger partial charge in [0.25, 0.3) is 0 Å². The molecular formula is C17H22F3N3O2. The Labute approximate surface area is 144 Å². The molecule has 0 amide bonds. The number of nitrogens with one attached hydrogen (secondary N) is 1. The minimum atomic E-state index is -4.50. The first-order valence-corrected chi connectivity index (χ1v) is 7.86. The van der Waals surface area contributed by atoms with Crippen LogP contribution in [0.1, 0.15) is 23.0 Å². The molecular weight excluding hydrogens is 335 g/mol. The van der Waals surface area contributed by atoms with E-state index in [9.17, 15) is 18.3 Å². The van der Waals surface area contributed by atoms with Gasteiger partial charge in [-0.05, 0) is 26.0 Å². The van der Waals surface area contributed by atoms with E-state index in [1.165, 1.54) is 11.6 Å². The number of aliphatic hydroxyl groups is 1. The first-order valence-electron chi connectivity index (χ1n) is 7.86. The summed E-state index contributed by atoms with van der Waals surface area (Å²) >= 11 is 0. The normalized spacial score (nSPS) is 14.4. The minimum Gasteiger partial charge on any atom is -0.491 e. The van der Waals surface area contributed by atoms with Crippen molar-refractivity contribution in [3.63, 3.8) is 0 Å². The van der Waals surface area contributed by atoms with Crippen molar-refractivity contribution < 1.29 is 23.0 Å². The Balaban J connectivity index is 2.01. The zero-order valence-electron chi connectivity index (χ0n) is 14.3. The van der Waals surface area contributed by atoms with E-state index in [-0.39, 0.29) is 18.7 Å². The van der Waals surface area contributed by atoms with Crippen LogP contribution in [0.4, 0.5) is 13.2 Å². The summed E-state index contributed by atoms with van der Waals surface area (Å²) in [5, 5.41) is 16.4. The standard InChI is InChI=1S/C17H22F3N3O2/c1-11-15(12(2)23(3)22-11)16(17(18,19)20)21-9-13(24)10-25-14-7-5-4-6-8-14/h4-8,13,16,21,24H,9-10H2,1-3H3/t13-,16-/m0/s1. The second kappa shape index (κ2) is 7.88. The molecule has 138 valence electrons. The lowest BCUT2D eigenvalue weighted by Crippen LogP contribution is -2.40. The Morgan fingerprint density at radius 3 is 2.40 bits per heavy atom. The maximum Gasteiger partial charge on any atom is 0.408 e. The molecule has 1 aromatic carbocycles. The molecule has 0 radical (unpaired) electrons. The van der Waals surface area contributed by atoms with Crippen LogP contribution >= 0.6 is 0 Å². The predicted molar refractivity (Wildman–Crippen MR) is 87.4 cm³/mol. The van der Waals surface area contributed by atoms with Gasteiger partial charge in [0.1, 0.15) is 24.5 Å². The third-order valence-corrected chi connectivity index (χ3v) is 3.92. The maximum absolute atomic E-state index is 13.5. The Morgan fingerprint density at radius 2 is 1.88 bits per heavy atom. The van der Waals surface area contributed by atoms with E-state index >= 15 is 0 Å². The summed E-state index contributed by atoms with van der Waals surface area (Å²) in [4.78, 5) is 0. The molecule has 0 fully saturated rings. The largest absolute Gasteiger partial charge is 0.491 e. The quantitative estimate of drug-likeness (QED) is 0.800. The molecule has 2 N–H and O–H groups in total. The van der Waals surface area contributed by atoms with Crippen LogP contribution in [-0.4, -0.2) is 40.3 Å². The number of alkyl halides is 3. The number of ether oxygens (including phenoxy) is 1. The van der Waals surface area contributed by atoms with Crippen molar-refractivity contribution in [2.75, 3.05) is 13.2 Å². The van der Waals surface area contributed by atoms with Gasteiger partial charge in [0.2, 0.25) is 0 Å². The summed E-state index contributed by atoms with van der Waals surface area (Å²) in [7, 11) is 1.60. The van der Waals surface area contributed by atoms with Crippen molar-refractivity contribution in [1.82, 2.24) is 15.1 Å². The topological polar surface area (TPSA) is 59.3 Å². The fourth-order valence-corrected chi connectivity index (χ4v) is 2.61. The summed E-state index contributed by atoms with van der Waals surface area (Å²) in [6, 6.07) is 6.88. The first-order chi connectivity index (χ1) is 11.7. The fourth-order valence-electron chi connectivity index (χ4n) is 2.61. The highest BCUT2D eigenvalue weighted by molar-refractivity contribution is 5.29. The maximum atomic E-state index is 13.5. The molecule has 1 aromatic heterocycles. The van der Waals surface area contributed by atoms with Gasteiger partial charge >= 0.3 is 6.18 Å². The van der Waals surface area contributed by atoms with E-state index in [2.05, 4.69) is 10.4 Å². The van der Waals surface area contributed by atoms with Crippen molar-refractivity contribution in [3.05, 3.63) is 47.3 Å². The smallest absolute Gasteiger partial charge is 0.408 e. The van der Waals surface area contributed by atoms with E-state index in [1.54, 1.807) is 38.2 Å². The molecule has 8 heteroatoms. The molecule has 2 rings (SSSR count). The van der Waals surface area contributed by atoms with E-state index in [4.69, 9.17) is 4.74 Å². The Morgan fingerprint density at radius 1 is 1.24 bits per heavy atom. The highest BCUT2D eigenvalue weighted by atomic mass is 19.4. The third kappa shape index (κ3) is 4.96. The Bertz CT molecular complexity index is 686. The van der Waals surface area contributed by atoms with Crippen LogP contribution in [-0.2, 0) is 7.05 Å². The SMILES string of the molecule is Cc1nn(C)c(C)c1[C@H](NC[C@H](O)COc1ccccc1)C(F)(F)F. The first kappa shape index (κ1) is 19.3. The number of rotatable bonds is 7. The van der Waals surface area contributed by atoms with E-state index in [1.807, 2.05) is 6.07 Å². The second-order valence-electron chi connectivity index (χ2n) is 5.87. The number of halogens is 3. The van der Waals surface area contributed by atoms with Crippen molar-refractivity contribution in [3.8, 4) is 5.75 Å². The average molecular weight is 357 g/mol. The molecule has 0 unspecified atom stereocenters. The van der Waals surface area contributed by atoms with Gasteiger partial charge in [0, 0.05) is 24.8 Å². The molecule has 0 saturated carbocycles. The van der Waals surface area contributed by atoms with Gasteiger partial charge in [-0.25, -0.2) is 0 Å². The van der Waals surface area contributed by atoms with Crippen molar-refractivity contribution >= 4 is 0 Å². The number of para-hydroxylation sites is 1. The van der Waals surface area contributed by atoms with E-state index in [0.717, 1.165) is 0 Å². The second-order valence-corrected chi connectivity index (χ2v) is 5.87. The van der Waals surface area contributed by atoms with Gasteiger partial charge in [-0.15, -0.1) is 0 Å². The molecule has 5 nitrogen and oxygen atoms in total. The van der Waals surface area contributed by atoms with Crippen LogP contribution in [0.25, 0.3) is 0 Å². The van der Waals surface area contributed by atoms with Gasteiger partial charge in [0.05, 0.1) is 5.69 Å². The summed E-state index contributed by atoms with van der Waals surface area (Å²) in [5.41, 5.74) is 0.832. The molecule has 0 aliphatic carbocycles. The number of aryl methyl sites for hydroxylation is 2. The third-order valence-electron chi connectivity index (χ3n) is 3.92. The van der Waals surface area contributed by atoms with Crippen LogP contribution < -0.4 is 10.1 Å². The molecule has 0 bridgehead atoms.